The maximum Gasteiger partial charge on any atom is 0.271 e. The lowest BCUT2D eigenvalue weighted by molar-refractivity contribution is -0.0399. The van der Waals surface area contributed by atoms with Gasteiger partial charge in [0.1, 0.15) is 5.69 Å². The van der Waals surface area contributed by atoms with Crippen molar-refractivity contribution in [1.29, 1.82) is 0 Å². The van der Waals surface area contributed by atoms with Crippen molar-refractivity contribution in [1.82, 2.24) is 15.5 Å². The highest BCUT2D eigenvalue weighted by molar-refractivity contribution is 6.40. The number of halogens is 4. The first-order valence-electron chi connectivity index (χ1n) is 8.24. The molecule has 0 saturated heterocycles. The summed E-state index contributed by atoms with van der Waals surface area (Å²) in [7, 11) is 0. The number of anilines is 1. The summed E-state index contributed by atoms with van der Waals surface area (Å²) < 4.78 is 26.4. The SMILES string of the molecule is O=C(NC1CCC(F)(F)CC1)c1[nH]ncc1NC(=O)c1c(Cl)cccc1Cl. The van der Waals surface area contributed by atoms with Crippen LogP contribution in [-0.4, -0.2) is 34.0 Å². The van der Waals surface area contributed by atoms with Crippen LogP contribution in [0, 0.1) is 0 Å². The van der Waals surface area contributed by atoms with Crippen LogP contribution in [0.4, 0.5) is 14.5 Å². The molecule has 0 aliphatic heterocycles. The third kappa shape index (κ3) is 4.56. The van der Waals surface area contributed by atoms with Crippen molar-refractivity contribution in [2.24, 2.45) is 0 Å². The van der Waals surface area contributed by atoms with E-state index in [9.17, 15) is 18.4 Å². The number of hydrogen-bond acceptors (Lipinski definition) is 3. The summed E-state index contributed by atoms with van der Waals surface area (Å²) in [6, 6.07) is 4.28. The Morgan fingerprint density at radius 3 is 2.41 bits per heavy atom. The summed E-state index contributed by atoms with van der Waals surface area (Å²) in [6.45, 7) is 0. The van der Waals surface area contributed by atoms with Crippen LogP contribution in [0.25, 0.3) is 0 Å². The molecule has 1 aromatic carbocycles. The third-order valence-corrected chi connectivity index (χ3v) is 4.99. The normalized spacial score (nSPS) is 16.7. The molecule has 1 aliphatic carbocycles. The zero-order chi connectivity index (χ0) is 19.6. The number of benzene rings is 1. The van der Waals surface area contributed by atoms with Crippen molar-refractivity contribution in [3.63, 3.8) is 0 Å². The number of hydrogen-bond donors (Lipinski definition) is 3. The minimum atomic E-state index is -2.68. The zero-order valence-corrected chi connectivity index (χ0v) is 15.5. The molecule has 6 nitrogen and oxygen atoms in total. The number of alkyl halides is 2. The van der Waals surface area contributed by atoms with Crippen molar-refractivity contribution in [2.45, 2.75) is 37.6 Å². The topological polar surface area (TPSA) is 86.9 Å². The van der Waals surface area contributed by atoms with E-state index in [0.717, 1.165) is 0 Å². The van der Waals surface area contributed by atoms with Gasteiger partial charge >= 0.3 is 0 Å². The first-order chi connectivity index (χ1) is 12.8. The van der Waals surface area contributed by atoms with Gasteiger partial charge in [-0.1, -0.05) is 29.3 Å². The van der Waals surface area contributed by atoms with Gasteiger partial charge in [-0.25, -0.2) is 8.78 Å². The summed E-state index contributed by atoms with van der Waals surface area (Å²) in [4.78, 5) is 24.9. The minimum Gasteiger partial charge on any atom is -0.348 e. The van der Waals surface area contributed by atoms with E-state index in [1.807, 2.05) is 0 Å². The first kappa shape index (κ1) is 19.6. The Bertz CT molecular complexity index is 842. The molecule has 27 heavy (non-hydrogen) atoms. The molecule has 2 aromatic rings. The van der Waals surface area contributed by atoms with E-state index in [1.165, 1.54) is 18.3 Å². The Hall–Kier alpha value is -2.19. The maximum atomic E-state index is 13.2. The number of carbonyl (C=O) groups is 2. The van der Waals surface area contributed by atoms with Gasteiger partial charge in [-0.3, -0.25) is 14.7 Å². The van der Waals surface area contributed by atoms with Crippen LogP contribution in [-0.2, 0) is 0 Å². The largest absolute Gasteiger partial charge is 0.348 e. The molecule has 1 fully saturated rings. The van der Waals surface area contributed by atoms with E-state index in [0.29, 0.717) is 0 Å². The second-order valence-corrected chi connectivity index (χ2v) is 7.13. The van der Waals surface area contributed by atoms with Crippen LogP contribution in [0.5, 0.6) is 0 Å². The maximum absolute atomic E-state index is 13.2. The number of aromatic amines is 1. The number of amides is 2. The Kier molecular flexibility index (Phi) is 5.67. The van der Waals surface area contributed by atoms with Gasteiger partial charge in [-0.15, -0.1) is 0 Å². The number of nitrogens with one attached hydrogen (secondary N) is 3. The fourth-order valence-electron chi connectivity index (χ4n) is 2.90. The lowest BCUT2D eigenvalue weighted by atomic mass is 9.92. The highest BCUT2D eigenvalue weighted by Gasteiger charge is 2.35. The molecule has 2 amide bonds. The molecule has 1 aromatic heterocycles. The van der Waals surface area contributed by atoms with Crippen molar-refractivity contribution in [3.05, 3.63) is 45.7 Å². The van der Waals surface area contributed by atoms with Gasteiger partial charge in [0.15, 0.2) is 0 Å². The summed E-state index contributed by atoms with van der Waals surface area (Å²) >= 11 is 12.0. The zero-order valence-electron chi connectivity index (χ0n) is 14.0. The van der Waals surface area contributed by atoms with E-state index in [-0.39, 0.29) is 58.7 Å². The molecule has 0 atom stereocenters. The van der Waals surface area contributed by atoms with E-state index in [1.54, 1.807) is 6.07 Å². The number of carbonyl (C=O) groups excluding carboxylic acids is 2. The molecule has 1 saturated carbocycles. The molecule has 1 heterocycles. The van der Waals surface area contributed by atoms with Crippen LogP contribution in [0.2, 0.25) is 10.0 Å². The number of rotatable bonds is 4. The fourth-order valence-corrected chi connectivity index (χ4v) is 3.46. The van der Waals surface area contributed by atoms with Crippen LogP contribution in [0.15, 0.2) is 24.4 Å². The second kappa shape index (κ2) is 7.82. The molecule has 10 heteroatoms. The smallest absolute Gasteiger partial charge is 0.271 e. The van der Waals surface area contributed by atoms with E-state index < -0.39 is 17.7 Å². The molecule has 0 bridgehead atoms. The van der Waals surface area contributed by atoms with Gasteiger partial charge in [0.2, 0.25) is 5.92 Å². The van der Waals surface area contributed by atoms with E-state index in [2.05, 4.69) is 20.8 Å². The molecule has 0 unspecified atom stereocenters. The molecule has 1 aliphatic rings. The molecular weight excluding hydrogens is 401 g/mol. The monoisotopic (exact) mass is 416 g/mol. The Labute approximate surface area is 163 Å². The van der Waals surface area contributed by atoms with Crippen LogP contribution < -0.4 is 10.6 Å². The molecule has 144 valence electrons. The number of aromatic nitrogens is 2. The molecule has 0 spiro atoms. The summed E-state index contributed by atoms with van der Waals surface area (Å²) in [5, 5.41) is 11.8. The molecule has 3 rings (SSSR count). The Morgan fingerprint density at radius 2 is 1.78 bits per heavy atom. The van der Waals surface area contributed by atoms with Crippen LogP contribution in [0.1, 0.15) is 46.5 Å². The molecule has 3 N–H and O–H groups in total. The predicted octanol–water partition coefficient (Wildman–Crippen LogP) is 4.28. The van der Waals surface area contributed by atoms with Gasteiger partial charge in [0, 0.05) is 18.9 Å². The summed E-state index contributed by atoms with van der Waals surface area (Å²) in [6.07, 6.45) is 1.10. The predicted molar refractivity (Wildman–Crippen MR) is 97.7 cm³/mol. The van der Waals surface area contributed by atoms with Gasteiger partial charge < -0.3 is 10.6 Å². The van der Waals surface area contributed by atoms with Gasteiger partial charge in [-0.05, 0) is 25.0 Å². The first-order valence-corrected chi connectivity index (χ1v) is 9.00. The lowest BCUT2D eigenvalue weighted by Gasteiger charge is -2.28. The number of H-pyrrole nitrogens is 1. The fraction of sp³-hybridized carbons (Fsp3) is 0.353. The average Bonchev–Trinajstić information content (AvgIpc) is 3.05. The quantitative estimate of drug-likeness (QED) is 0.694. The Morgan fingerprint density at radius 1 is 1.15 bits per heavy atom. The highest BCUT2D eigenvalue weighted by atomic mass is 35.5. The van der Waals surface area contributed by atoms with Gasteiger partial charge in [0.25, 0.3) is 11.8 Å². The standard InChI is InChI=1S/C17H16Cl2F2N4O2/c18-10-2-1-3-11(19)13(10)15(26)24-12-8-22-25-14(12)16(27)23-9-4-6-17(20,21)7-5-9/h1-3,8-9H,4-7H2,(H,22,25)(H,23,27)(H,24,26). The van der Waals surface area contributed by atoms with Crippen molar-refractivity contribution >= 4 is 40.7 Å². The van der Waals surface area contributed by atoms with Crippen molar-refractivity contribution in [2.75, 3.05) is 5.32 Å². The highest BCUT2D eigenvalue weighted by Crippen LogP contribution is 2.33. The van der Waals surface area contributed by atoms with E-state index in [4.69, 9.17) is 23.2 Å². The molecule has 0 radical (unpaired) electrons. The summed E-state index contributed by atoms with van der Waals surface area (Å²) in [5.41, 5.74) is 0.224. The van der Waals surface area contributed by atoms with E-state index >= 15 is 0 Å². The van der Waals surface area contributed by atoms with Crippen molar-refractivity contribution < 1.29 is 18.4 Å². The summed E-state index contributed by atoms with van der Waals surface area (Å²) in [5.74, 6) is -3.82. The second-order valence-electron chi connectivity index (χ2n) is 6.31. The van der Waals surface area contributed by atoms with Crippen LogP contribution in [0.3, 0.4) is 0 Å². The van der Waals surface area contributed by atoms with Gasteiger partial charge in [-0.2, -0.15) is 5.10 Å². The third-order valence-electron chi connectivity index (χ3n) is 4.36. The molecular formula is C17H16Cl2F2N4O2. The van der Waals surface area contributed by atoms with Gasteiger partial charge in [0.05, 0.1) is 27.5 Å². The average molecular weight is 417 g/mol. The lowest BCUT2D eigenvalue weighted by Crippen LogP contribution is -2.40. The van der Waals surface area contributed by atoms with Crippen molar-refractivity contribution in [3.8, 4) is 0 Å². The Balaban J connectivity index is 1.69. The van der Waals surface area contributed by atoms with Crippen LogP contribution >= 0.6 is 23.2 Å². The number of nitrogens with zero attached hydrogens (tertiary/aromatic N) is 1. The minimum absolute atomic E-state index is 0.0175.